The highest BCUT2D eigenvalue weighted by Crippen LogP contribution is 2.33. The van der Waals surface area contributed by atoms with Gasteiger partial charge in [-0.2, -0.15) is 0 Å². The van der Waals surface area contributed by atoms with Crippen molar-refractivity contribution in [3.05, 3.63) is 76.7 Å². The molecule has 5 nitrogen and oxygen atoms in total. The smallest absolute Gasteiger partial charge is 0.264 e. The number of carbonyl (C=O) groups excluding carboxylic acids is 1. The first-order valence-corrected chi connectivity index (χ1v) is 12.6. The van der Waals surface area contributed by atoms with Gasteiger partial charge in [0.15, 0.2) is 0 Å². The van der Waals surface area contributed by atoms with Gasteiger partial charge in [0, 0.05) is 31.1 Å². The summed E-state index contributed by atoms with van der Waals surface area (Å²) >= 11 is 1.52. The van der Waals surface area contributed by atoms with E-state index in [1.165, 1.54) is 24.2 Å². The molecule has 3 heterocycles. The van der Waals surface area contributed by atoms with Crippen LogP contribution in [0.1, 0.15) is 40.9 Å². The monoisotopic (exact) mass is 454 g/mol. The molecular weight excluding hydrogens is 428 g/mol. The van der Waals surface area contributed by atoms with Crippen molar-refractivity contribution in [2.75, 3.05) is 18.0 Å². The quantitative estimate of drug-likeness (QED) is 0.371. The van der Waals surface area contributed by atoms with Crippen molar-refractivity contribution in [2.45, 2.75) is 38.3 Å². The van der Waals surface area contributed by atoms with Crippen LogP contribution in [0.5, 0.6) is 0 Å². The number of thiophene rings is 1. The molecule has 1 aliphatic carbocycles. The molecule has 2 aromatic heterocycles. The van der Waals surface area contributed by atoms with E-state index in [0.29, 0.717) is 12.6 Å². The fraction of sp³-hybridized carbons (Fsp3) is 0.296. The molecule has 0 unspecified atom stereocenters. The standard InChI is InChI=1S/C27H26N4OS/c32-27(25-7-4-14-33-25)31(22-9-10-22)17-19-5-3-6-20(15-19)21-8-11-24-23(16-21)26(29-18-28-24)30-12-1-2-13-30/h3-8,11,14-16,18,22H,1-2,9-10,12-13,17H2. The Morgan fingerprint density at radius 1 is 1.00 bits per heavy atom. The zero-order valence-electron chi connectivity index (χ0n) is 18.5. The predicted molar refractivity (Wildman–Crippen MR) is 134 cm³/mol. The number of amides is 1. The third-order valence-electron chi connectivity index (χ3n) is 6.61. The average Bonchev–Trinajstić information content (AvgIpc) is 3.30. The third kappa shape index (κ3) is 4.11. The van der Waals surface area contributed by atoms with E-state index in [1.54, 1.807) is 6.33 Å². The van der Waals surface area contributed by atoms with Crippen molar-refractivity contribution in [1.82, 2.24) is 14.9 Å². The summed E-state index contributed by atoms with van der Waals surface area (Å²) in [6.07, 6.45) is 6.30. The second-order valence-corrected chi connectivity index (χ2v) is 9.91. The van der Waals surface area contributed by atoms with Gasteiger partial charge in [-0.05, 0) is 72.0 Å². The van der Waals surface area contributed by atoms with Crippen molar-refractivity contribution < 1.29 is 4.79 Å². The molecule has 1 saturated heterocycles. The molecule has 1 saturated carbocycles. The first kappa shape index (κ1) is 20.4. The molecule has 4 aromatic rings. The maximum absolute atomic E-state index is 13.1. The number of benzene rings is 2. The normalized spacial score (nSPS) is 15.8. The number of anilines is 1. The number of carbonyl (C=O) groups is 1. The molecule has 1 amide bonds. The van der Waals surface area contributed by atoms with Crippen LogP contribution in [-0.4, -0.2) is 39.9 Å². The Morgan fingerprint density at radius 3 is 2.64 bits per heavy atom. The zero-order valence-corrected chi connectivity index (χ0v) is 19.3. The van der Waals surface area contributed by atoms with E-state index in [1.807, 2.05) is 22.4 Å². The van der Waals surface area contributed by atoms with Crippen LogP contribution in [0.2, 0.25) is 0 Å². The molecule has 33 heavy (non-hydrogen) atoms. The lowest BCUT2D eigenvalue weighted by molar-refractivity contribution is 0.0735. The van der Waals surface area contributed by atoms with Gasteiger partial charge in [-0.3, -0.25) is 4.79 Å². The topological polar surface area (TPSA) is 49.3 Å². The third-order valence-corrected chi connectivity index (χ3v) is 7.47. The van der Waals surface area contributed by atoms with Gasteiger partial charge in [-0.15, -0.1) is 11.3 Å². The van der Waals surface area contributed by atoms with Crippen molar-refractivity contribution >= 4 is 34.0 Å². The van der Waals surface area contributed by atoms with Crippen LogP contribution in [0.3, 0.4) is 0 Å². The van der Waals surface area contributed by atoms with Gasteiger partial charge in [0.1, 0.15) is 12.1 Å². The van der Waals surface area contributed by atoms with Gasteiger partial charge < -0.3 is 9.80 Å². The molecule has 2 aromatic carbocycles. The largest absolute Gasteiger partial charge is 0.356 e. The van der Waals surface area contributed by atoms with E-state index in [4.69, 9.17) is 0 Å². The summed E-state index contributed by atoms with van der Waals surface area (Å²) in [6, 6.07) is 19.3. The van der Waals surface area contributed by atoms with Crippen LogP contribution < -0.4 is 4.90 Å². The fourth-order valence-electron chi connectivity index (χ4n) is 4.74. The summed E-state index contributed by atoms with van der Waals surface area (Å²) in [5, 5.41) is 3.08. The molecule has 0 atom stereocenters. The Kier molecular flexibility index (Phi) is 5.30. The number of aromatic nitrogens is 2. The summed E-state index contributed by atoms with van der Waals surface area (Å²) in [6.45, 7) is 2.76. The Balaban J connectivity index is 1.31. The molecule has 0 spiro atoms. The van der Waals surface area contributed by atoms with E-state index < -0.39 is 0 Å². The number of fused-ring (bicyclic) bond motifs is 1. The van der Waals surface area contributed by atoms with E-state index >= 15 is 0 Å². The minimum Gasteiger partial charge on any atom is -0.356 e. The van der Waals surface area contributed by atoms with E-state index in [0.717, 1.165) is 64.2 Å². The Labute approximate surface area is 197 Å². The molecule has 1 aliphatic heterocycles. The van der Waals surface area contributed by atoms with E-state index in [9.17, 15) is 4.79 Å². The van der Waals surface area contributed by atoms with Gasteiger partial charge in [0.2, 0.25) is 0 Å². The van der Waals surface area contributed by atoms with Gasteiger partial charge in [-0.25, -0.2) is 9.97 Å². The lowest BCUT2D eigenvalue weighted by atomic mass is 10.0. The van der Waals surface area contributed by atoms with Crippen molar-refractivity contribution in [1.29, 1.82) is 0 Å². The molecule has 0 N–H and O–H groups in total. The summed E-state index contributed by atoms with van der Waals surface area (Å²) < 4.78 is 0. The number of nitrogens with zero attached hydrogens (tertiary/aromatic N) is 4. The van der Waals surface area contributed by atoms with Crippen molar-refractivity contribution in [3.8, 4) is 11.1 Å². The number of hydrogen-bond acceptors (Lipinski definition) is 5. The average molecular weight is 455 g/mol. The summed E-state index contributed by atoms with van der Waals surface area (Å²) in [5.74, 6) is 1.19. The van der Waals surface area contributed by atoms with Crippen molar-refractivity contribution in [2.24, 2.45) is 0 Å². The minimum absolute atomic E-state index is 0.149. The molecule has 0 bridgehead atoms. The zero-order chi connectivity index (χ0) is 22.2. The summed E-state index contributed by atoms with van der Waals surface area (Å²) in [5.41, 5.74) is 4.45. The van der Waals surface area contributed by atoms with Crippen LogP contribution in [0.25, 0.3) is 22.0 Å². The molecule has 0 radical (unpaired) electrons. The lowest BCUT2D eigenvalue weighted by Gasteiger charge is -2.22. The van der Waals surface area contributed by atoms with Crippen LogP contribution in [0.4, 0.5) is 5.82 Å². The van der Waals surface area contributed by atoms with Crippen LogP contribution in [0.15, 0.2) is 66.3 Å². The highest BCUT2D eigenvalue weighted by Gasteiger charge is 2.33. The van der Waals surface area contributed by atoms with Gasteiger partial charge in [0.05, 0.1) is 10.4 Å². The Bertz CT molecular complexity index is 1290. The first-order chi connectivity index (χ1) is 16.3. The minimum atomic E-state index is 0.149. The predicted octanol–water partition coefficient (Wildman–Crippen LogP) is 5.76. The molecular formula is C27H26N4OS. The SMILES string of the molecule is O=C(c1cccs1)N(Cc1cccc(-c2ccc3ncnc(N4CCCC4)c3c2)c1)C1CC1. The second-order valence-electron chi connectivity index (χ2n) is 8.97. The Hall–Kier alpha value is -3.25. The molecule has 2 fully saturated rings. The fourth-order valence-corrected chi connectivity index (χ4v) is 5.42. The molecule has 166 valence electrons. The number of hydrogen-bond donors (Lipinski definition) is 0. The van der Waals surface area contributed by atoms with Crippen LogP contribution in [-0.2, 0) is 6.54 Å². The second kappa shape index (κ2) is 8.60. The highest BCUT2D eigenvalue weighted by atomic mass is 32.1. The maximum Gasteiger partial charge on any atom is 0.264 e. The van der Waals surface area contributed by atoms with Crippen molar-refractivity contribution in [3.63, 3.8) is 0 Å². The molecule has 2 aliphatic rings. The molecule has 6 rings (SSSR count). The Morgan fingerprint density at radius 2 is 1.85 bits per heavy atom. The number of rotatable bonds is 6. The summed E-state index contributed by atoms with van der Waals surface area (Å²) in [7, 11) is 0. The van der Waals surface area contributed by atoms with Gasteiger partial charge in [0.25, 0.3) is 5.91 Å². The van der Waals surface area contributed by atoms with Gasteiger partial charge in [-0.1, -0.05) is 30.3 Å². The van der Waals surface area contributed by atoms with E-state index in [2.05, 4.69) is 57.3 Å². The van der Waals surface area contributed by atoms with Crippen LogP contribution in [0, 0.1) is 0 Å². The lowest BCUT2D eigenvalue weighted by Crippen LogP contribution is -2.32. The first-order valence-electron chi connectivity index (χ1n) is 11.7. The maximum atomic E-state index is 13.1. The van der Waals surface area contributed by atoms with Gasteiger partial charge >= 0.3 is 0 Å². The van der Waals surface area contributed by atoms with Crippen LogP contribution >= 0.6 is 11.3 Å². The molecule has 6 heteroatoms. The van der Waals surface area contributed by atoms with E-state index in [-0.39, 0.29) is 5.91 Å². The summed E-state index contributed by atoms with van der Waals surface area (Å²) in [4.78, 5) is 27.4. The highest BCUT2D eigenvalue weighted by molar-refractivity contribution is 7.12.